The standard InChI is InChI=1S/C19H18ClF2N3O2S/c20-17(9-26)25-6-4-11(5-7-25)19-23-15(10-28-19)14-8-16(27-24-14)18-12(21)2-1-3-13(18)22/h1-3,9-11,16-17H,4-8H2. The van der Waals surface area contributed by atoms with Gasteiger partial charge in [-0.3, -0.25) is 4.90 Å². The van der Waals surface area contributed by atoms with Crippen LogP contribution < -0.4 is 0 Å². The molecule has 0 aliphatic carbocycles. The lowest BCUT2D eigenvalue weighted by atomic mass is 9.97. The molecule has 3 heterocycles. The number of thiazole rings is 1. The van der Waals surface area contributed by atoms with Crippen molar-refractivity contribution in [1.82, 2.24) is 9.88 Å². The first kappa shape index (κ1) is 19.4. The number of hydrogen-bond acceptors (Lipinski definition) is 6. The summed E-state index contributed by atoms with van der Waals surface area (Å²) < 4.78 is 27.9. The molecule has 148 valence electrons. The number of carbonyl (C=O) groups excluding carboxylic acids is 1. The average molecular weight is 426 g/mol. The Labute approximate surface area is 170 Å². The maximum absolute atomic E-state index is 14.0. The van der Waals surface area contributed by atoms with Crippen LogP contribution in [0.4, 0.5) is 8.78 Å². The van der Waals surface area contributed by atoms with Crippen molar-refractivity contribution in [3.63, 3.8) is 0 Å². The van der Waals surface area contributed by atoms with Gasteiger partial charge in [-0.05, 0) is 25.0 Å². The minimum Gasteiger partial charge on any atom is -0.387 e. The summed E-state index contributed by atoms with van der Waals surface area (Å²) in [6.07, 6.45) is 1.98. The predicted octanol–water partition coefficient (Wildman–Crippen LogP) is 4.23. The van der Waals surface area contributed by atoms with Crippen LogP contribution in [0, 0.1) is 11.6 Å². The Kier molecular flexibility index (Phi) is 5.70. The summed E-state index contributed by atoms with van der Waals surface area (Å²) in [6, 6.07) is 3.75. The first-order chi connectivity index (χ1) is 13.6. The lowest BCUT2D eigenvalue weighted by molar-refractivity contribution is -0.110. The van der Waals surface area contributed by atoms with Gasteiger partial charge in [-0.1, -0.05) is 22.8 Å². The number of hydrogen-bond donors (Lipinski definition) is 0. The molecular weight excluding hydrogens is 408 g/mol. The quantitative estimate of drug-likeness (QED) is 0.408. The first-order valence-electron chi connectivity index (χ1n) is 9.02. The van der Waals surface area contributed by atoms with Crippen molar-refractivity contribution in [3.8, 4) is 0 Å². The zero-order valence-corrected chi connectivity index (χ0v) is 16.4. The van der Waals surface area contributed by atoms with Crippen LogP contribution in [0.5, 0.6) is 0 Å². The van der Waals surface area contributed by atoms with Crippen LogP contribution >= 0.6 is 22.9 Å². The molecule has 2 aromatic rings. The first-order valence-corrected chi connectivity index (χ1v) is 10.3. The van der Waals surface area contributed by atoms with Gasteiger partial charge in [0.2, 0.25) is 0 Å². The van der Waals surface area contributed by atoms with Gasteiger partial charge in [0, 0.05) is 30.8 Å². The molecule has 9 heteroatoms. The Balaban J connectivity index is 1.41. The number of nitrogens with zero attached hydrogens (tertiary/aromatic N) is 3. The number of carbonyl (C=O) groups is 1. The third-order valence-corrected chi connectivity index (χ3v) is 6.53. The highest BCUT2D eigenvalue weighted by Gasteiger charge is 2.31. The fourth-order valence-corrected chi connectivity index (χ4v) is 4.78. The Morgan fingerprint density at radius 3 is 2.68 bits per heavy atom. The fraction of sp³-hybridized carbons (Fsp3) is 0.421. The molecule has 1 aromatic heterocycles. The van der Waals surface area contributed by atoms with E-state index in [-0.39, 0.29) is 12.0 Å². The van der Waals surface area contributed by atoms with E-state index in [0.29, 0.717) is 17.3 Å². The molecule has 2 atom stereocenters. The van der Waals surface area contributed by atoms with Gasteiger partial charge in [0.15, 0.2) is 12.4 Å². The van der Waals surface area contributed by atoms with Crippen LogP contribution in [0.1, 0.15) is 47.5 Å². The van der Waals surface area contributed by atoms with Gasteiger partial charge >= 0.3 is 0 Å². The summed E-state index contributed by atoms with van der Waals surface area (Å²) in [6.45, 7) is 1.48. The Hall–Kier alpha value is -1.90. The van der Waals surface area contributed by atoms with E-state index in [9.17, 15) is 13.6 Å². The van der Waals surface area contributed by atoms with Crippen molar-refractivity contribution < 1.29 is 18.4 Å². The normalized spacial score (nSPS) is 22.0. The molecule has 0 saturated carbocycles. The van der Waals surface area contributed by atoms with E-state index in [1.165, 1.54) is 18.2 Å². The molecule has 1 aromatic carbocycles. The smallest absolute Gasteiger partial charge is 0.164 e. The Bertz CT molecular complexity index is 879. The van der Waals surface area contributed by atoms with Gasteiger partial charge < -0.3 is 9.63 Å². The molecule has 0 amide bonds. The second-order valence-corrected chi connectivity index (χ2v) is 8.20. The van der Waals surface area contributed by atoms with Gasteiger partial charge in [0.25, 0.3) is 0 Å². The van der Waals surface area contributed by atoms with Crippen LogP contribution in [0.25, 0.3) is 0 Å². The minimum absolute atomic E-state index is 0.102. The molecule has 0 radical (unpaired) electrons. The van der Waals surface area contributed by atoms with Gasteiger partial charge in [0.05, 0.1) is 16.3 Å². The van der Waals surface area contributed by atoms with Gasteiger partial charge in [0.1, 0.15) is 22.8 Å². The zero-order chi connectivity index (χ0) is 19.7. The fourth-order valence-electron chi connectivity index (χ4n) is 3.59. The monoisotopic (exact) mass is 425 g/mol. The SMILES string of the molecule is O=CC(Cl)N1CCC(c2nc(C3=NOC(c4c(F)cccc4F)C3)cs2)CC1. The van der Waals surface area contributed by atoms with E-state index in [1.807, 2.05) is 10.3 Å². The van der Waals surface area contributed by atoms with E-state index in [1.54, 1.807) is 11.3 Å². The highest BCUT2D eigenvalue weighted by molar-refractivity contribution is 7.10. The predicted molar refractivity (Wildman–Crippen MR) is 103 cm³/mol. The Morgan fingerprint density at radius 1 is 1.29 bits per heavy atom. The average Bonchev–Trinajstić information content (AvgIpc) is 3.37. The van der Waals surface area contributed by atoms with Crippen molar-refractivity contribution in [2.45, 2.75) is 36.8 Å². The third-order valence-electron chi connectivity index (χ3n) is 5.15. The Morgan fingerprint density at radius 2 is 2.00 bits per heavy atom. The van der Waals surface area contributed by atoms with Crippen molar-refractivity contribution in [3.05, 3.63) is 51.5 Å². The van der Waals surface area contributed by atoms with Gasteiger partial charge in [-0.2, -0.15) is 0 Å². The molecule has 2 aliphatic heterocycles. The van der Waals surface area contributed by atoms with Crippen molar-refractivity contribution in [2.24, 2.45) is 5.16 Å². The van der Waals surface area contributed by atoms with Crippen molar-refractivity contribution in [2.75, 3.05) is 13.1 Å². The molecule has 5 nitrogen and oxygen atoms in total. The molecule has 2 unspecified atom stereocenters. The summed E-state index contributed by atoms with van der Waals surface area (Å²) in [7, 11) is 0. The molecule has 1 fully saturated rings. The molecule has 2 aliphatic rings. The molecule has 4 rings (SSSR count). The molecule has 1 saturated heterocycles. The number of oxime groups is 1. The second kappa shape index (κ2) is 8.23. The molecule has 0 N–H and O–H groups in total. The largest absolute Gasteiger partial charge is 0.387 e. The molecule has 28 heavy (non-hydrogen) atoms. The minimum atomic E-state index is -0.784. The lowest BCUT2D eigenvalue weighted by Gasteiger charge is -2.31. The van der Waals surface area contributed by atoms with Gasteiger partial charge in [-0.15, -0.1) is 11.3 Å². The number of likely N-dealkylation sites (tertiary alicyclic amines) is 1. The van der Waals surface area contributed by atoms with E-state index < -0.39 is 23.2 Å². The zero-order valence-electron chi connectivity index (χ0n) is 14.9. The summed E-state index contributed by atoms with van der Waals surface area (Å²) in [4.78, 5) is 22.7. The van der Waals surface area contributed by atoms with E-state index in [0.717, 1.165) is 37.2 Å². The van der Waals surface area contributed by atoms with E-state index in [4.69, 9.17) is 16.4 Å². The van der Waals surface area contributed by atoms with Crippen molar-refractivity contribution in [1.29, 1.82) is 0 Å². The molecule has 0 bridgehead atoms. The number of halogens is 3. The maximum Gasteiger partial charge on any atom is 0.164 e. The van der Waals surface area contributed by atoms with Crippen LogP contribution in [-0.4, -0.2) is 40.5 Å². The third kappa shape index (κ3) is 3.81. The summed E-state index contributed by atoms with van der Waals surface area (Å²) in [5, 5.41) is 6.91. The lowest BCUT2D eigenvalue weighted by Crippen LogP contribution is -2.38. The van der Waals surface area contributed by atoms with E-state index in [2.05, 4.69) is 10.1 Å². The molecular formula is C19H18ClF2N3O2S. The van der Waals surface area contributed by atoms with Crippen molar-refractivity contribution >= 4 is 34.9 Å². The summed E-state index contributed by atoms with van der Waals surface area (Å²) in [5.41, 5.74) is 0.600. The number of piperidine rings is 1. The van der Waals surface area contributed by atoms with Crippen LogP contribution in [0.3, 0.4) is 0 Å². The summed E-state index contributed by atoms with van der Waals surface area (Å²) in [5.74, 6) is -0.978. The number of benzene rings is 1. The number of aldehydes is 1. The summed E-state index contributed by atoms with van der Waals surface area (Å²) >= 11 is 7.52. The molecule has 0 spiro atoms. The highest BCUT2D eigenvalue weighted by Crippen LogP contribution is 2.35. The number of aromatic nitrogens is 1. The highest BCUT2D eigenvalue weighted by atomic mass is 35.5. The number of rotatable bonds is 5. The van der Waals surface area contributed by atoms with Crippen LogP contribution in [0.15, 0.2) is 28.7 Å². The topological polar surface area (TPSA) is 54.8 Å². The second-order valence-electron chi connectivity index (χ2n) is 6.86. The van der Waals surface area contributed by atoms with E-state index >= 15 is 0 Å². The van der Waals surface area contributed by atoms with Crippen LogP contribution in [-0.2, 0) is 9.63 Å². The maximum atomic E-state index is 14.0. The van der Waals surface area contributed by atoms with Gasteiger partial charge in [-0.25, -0.2) is 13.8 Å². The number of alkyl halides is 1. The van der Waals surface area contributed by atoms with Crippen LogP contribution in [0.2, 0.25) is 0 Å².